The Balaban J connectivity index is 2.42. The topological polar surface area (TPSA) is 9.23 Å². The van der Waals surface area contributed by atoms with Gasteiger partial charge in [0.1, 0.15) is 5.75 Å². The summed E-state index contributed by atoms with van der Waals surface area (Å²) in [6, 6.07) is 16.3. The number of hydrogen-bond acceptors (Lipinski definition) is 1. The molecule has 0 fully saturated rings. The molecule has 0 aliphatic carbocycles. The zero-order chi connectivity index (χ0) is 11.4. The molecule has 0 aromatic heterocycles. The van der Waals surface area contributed by atoms with Crippen LogP contribution in [0.15, 0.2) is 53.0 Å². The first-order chi connectivity index (χ1) is 7.81. The molecule has 2 rings (SSSR count). The van der Waals surface area contributed by atoms with Crippen LogP contribution in [0.2, 0.25) is 0 Å². The Morgan fingerprint density at radius 3 is 2.38 bits per heavy atom. The van der Waals surface area contributed by atoms with Crippen molar-refractivity contribution in [1.29, 1.82) is 0 Å². The van der Waals surface area contributed by atoms with E-state index in [0.29, 0.717) is 6.61 Å². The maximum Gasteiger partial charge on any atom is 0.127 e. The third-order valence-electron chi connectivity index (χ3n) is 2.34. The van der Waals surface area contributed by atoms with E-state index in [9.17, 15) is 0 Å². The Kier molecular flexibility index (Phi) is 3.62. The van der Waals surface area contributed by atoms with Crippen molar-refractivity contribution in [1.82, 2.24) is 0 Å². The smallest absolute Gasteiger partial charge is 0.127 e. The lowest BCUT2D eigenvalue weighted by atomic mass is 10.1. The predicted octanol–water partition coefficient (Wildman–Crippen LogP) is 4.51. The summed E-state index contributed by atoms with van der Waals surface area (Å²) in [5.74, 6) is 0.937. The molecule has 82 valence electrons. The van der Waals surface area contributed by atoms with Crippen LogP contribution >= 0.6 is 15.9 Å². The summed E-state index contributed by atoms with van der Waals surface area (Å²) in [6.45, 7) is 2.69. The average molecular weight is 277 g/mol. The summed E-state index contributed by atoms with van der Waals surface area (Å²) >= 11 is 3.44. The Labute approximate surface area is 104 Å². The second-order valence-corrected chi connectivity index (χ2v) is 4.35. The van der Waals surface area contributed by atoms with Crippen molar-refractivity contribution in [2.24, 2.45) is 0 Å². The van der Waals surface area contributed by atoms with Crippen molar-refractivity contribution in [2.75, 3.05) is 6.61 Å². The molecule has 0 N–H and O–H groups in total. The molecule has 0 heterocycles. The van der Waals surface area contributed by atoms with Gasteiger partial charge in [0.15, 0.2) is 0 Å². The molecule has 0 radical (unpaired) electrons. The number of para-hydroxylation sites is 1. The summed E-state index contributed by atoms with van der Waals surface area (Å²) < 4.78 is 6.70. The third-order valence-corrected chi connectivity index (χ3v) is 2.87. The quantitative estimate of drug-likeness (QED) is 0.801. The van der Waals surface area contributed by atoms with Gasteiger partial charge in [0.25, 0.3) is 0 Å². The molecule has 0 atom stereocenters. The zero-order valence-corrected chi connectivity index (χ0v) is 10.7. The monoisotopic (exact) mass is 276 g/mol. The van der Waals surface area contributed by atoms with Gasteiger partial charge in [-0.15, -0.1) is 0 Å². The molecule has 0 saturated heterocycles. The molecule has 0 aliphatic heterocycles. The fourth-order valence-corrected chi connectivity index (χ4v) is 1.88. The molecule has 0 bridgehead atoms. The van der Waals surface area contributed by atoms with Crippen LogP contribution in [0.4, 0.5) is 0 Å². The Morgan fingerprint density at radius 2 is 1.69 bits per heavy atom. The lowest BCUT2D eigenvalue weighted by Gasteiger charge is -2.09. The number of rotatable bonds is 3. The maximum atomic E-state index is 5.61. The Bertz CT molecular complexity index is 462. The first-order valence-electron chi connectivity index (χ1n) is 5.29. The van der Waals surface area contributed by atoms with Crippen LogP contribution in [0.5, 0.6) is 5.75 Å². The van der Waals surface area contributed by atoms with E-state index in [4.69, 9.17) is 4.74 Å². The van der Waals surface area contributed by atoms with E-state index in [1.165, 1.54) is 5.56 Å². The first kappa shape index (κ1) is 11.2. The van der Waals surface area contributed by atoms with E-state index >= 15 is 0 Å². The highest BCUT2D eigenvalue weighted by atomic mass is 79.9. The lowest BCUT2D eigenvalue weighted by molar-refractivity contribution is 0.341. The molecule has 2 aromatic rings. The summed E-state index contributed by atoms with van der Waals surface area (Å²) in [5.41, 5.74) is 2.31. The summed E-state index contributed by atoms with van der Waals surface area (Å²) in [6.07, 6.45) is 0. The highest BCUT2D eigenvalue weighted by Crippen LogP contribution is 2.30. The molecule has 2 heteroatoms. The molecule has 1 nitrogen and oxygen atoms in total. The van der Waals surface area contributed by atoms with Crippen molar-refractivity contribution in [3.05, 3.63) is 53.0 Å². The van der Waals surface area contributed by atoms with E-state index in [0.717, 1.165) is 15.8 Å². The van der Waals surface area contributed by atoms with Crippen LogP contribution in [-0.2, 0) is 0 Å². The van der Waals surface area contributed by atoms with E-state index in [1.54, 1.807) is 0 Å². The van der Waals surface area contributed by atoms with Crippen LogP contribution in [0.25, 0.3) is 11.1 Å². The van der Waals surface area contributed by atoms with Crippen LogP contribution < -0.4 is 4.74 Å². The van der Waals surface area contributed by atoms with Crippen molar-refractivity contribution in [3.8, 4) is 16.9 Å². The number of halogens is 1. The number of hydrogen-bond donors (Lipinski definition) is 0. The van der Waals surface area contributed by atoms with Gasteiger partial charge in [-0.25, -0.2) is 0 Å². The molecule has 0 saturated carbocycles. The molecule has 0 unspecified atom stereocenters. The molecule has 2 aromatic carbocycles. The Hall–Kier alpha value is -1.28. The second-order valence-electron chi connectivity index (χ2n) is 3.44. The van der Waals surface area contributed by atoms with Crippen molar-refractivity contribution < 1.29 is 4.74 Å². The van der Waals surface area contributed by atoms with Crippen molar-refractivity contribution in [2.45, 2.75) is 6.92 Å². The Morgan fingerprint density at radius 1 is 1.00 bits per heavy atom. The molecule has 16 heavy (non-hydrogen) atoms. The lowest BCUT2D eigenvalue weighted by Crippen LogP contribution is -1.93. The zero-order valence-electron chi connectivity index (χ0n) is 9.11. The minimum Gasteiger partial charge on any atom is -0.493 e. The third kappa shape index (κ3) is 2.45. The normalized spacial score (nSPS) is 10.1. The van der Waals surface area contributed by atoms with Gasteiger partial charge in [0.05, 0.1) is 6.61 Å². The molecule has 0 amide bonds. The molecule has 0 aliphatic rings. The van der Waals surface area contributed by atoms with Crippen LogP contribution in [-0.4, -0.2) is 6.61 Å². The summed E-state index contributed by atoms with van der Waals surface area (Å²) in [5, 5.41) is 0. The van der Waals surface area contributed by atoms with E-state index < -0.39 is 0 Å². The highest BCUT2D eigenvalue weighted by Gasteiger charge is 2.04. The van der Waals surface area contributed by atoms with Gasteiger partial charge in [-0.2, -0.15) is 0 Å². The molecular weight excluding hydrogens is 264 g/mol. The fraction of sp³-hybridized carbons (Fsp3) is 0.143. The van der Waals surface area contributed by atoms with E-state index in [1.807, 2.05) is 37.3 Å². The van der Waals surface area contributed by atoms with Gasteiger partial charge in [0, 0.05) is 10.0 Å². The van der Waals surface area contributed by atoms with Gasteiger partial charge in [-0.05, 0) is 30.7 Å². The van der Waals surface area contributed by atoms with Gasteiger partial charge in [-0.1, -0.05) is 46.3 Å². The van der Waals surface area contributed by atoms with Crippen molar-refractivity contribution in [3.63, 3.8) is 0 Å². The average Bonchev–Trinajstić information content (AvgIpc) is 2.32. The second kappa shape index (κ2) is 5.17. The standard InChI is InChI=1S/C14H13BrO/c1-2-16-14-6-4-3-5-13(14)11-7-9-12(15)10-8-11/h3-10H,2H2,1H3. The number of benzene rings is 2. The minimum absolute atomic E-state index is 0.688. The van der Waals surface area contributed by atoms with Gasteiger partial charge in [0.2, 0.25) is 0 Å². The minimum atomic E-state index is 0.688. The molecular formula is C14H13BrO. The van der Waals surface area contributed by atoms with Crippen LogP contribution in [0.3, 0.4) is 0 Å². The SMILES string of the molecule is CCOc1ccccc1-c1ccc(Br)cc1. The van der Waals surface area contributed by atoms with Gasteiger partial charge in [-0.3, -0.25) is 0 Å². The van der Waals surface area contributed by atoms with Crippen molar-refractivity contribution >= 4 is 15.9 Å². The van der Waals surface area contributed by atoms with E-state index in [-0.39, 0.29) is 0 Å². The van der Waals surface area contributed by atoms with E-state index in [2.05, 4.69) is 34.1 Å². The first-order valence-corrected chi connectivity index (χ1v) is 6.08. The summed E-state index contributed by atoms with van der Waals surface area (Å²) in [7, 11) is 0. The molecule has 0 spiro atoms. The van der Waals surface area contributed by atoms with Gasteiger partial charge >= 0.3 is 0 Å². The maximum absolute atomic E-state index is 5.61. The van der Waals surface area contributed by atoms with Crippen LogP contribution in [0.1, 0.15) is 6.92 Å². The largest absolute Gasteiger partial charge is 0.493 e. The number of ether oxygens (including phenoxy) is 1. The van der Waals surface area contributed by atoms with Gasteiger partial charge < -0.3 is 4.74 Å². The highest BCUT2D eigenvalue weighted by molar-refractivity contribution is 9.10. The summed E-state index contributed by atoms with van der Waals surface area (Å²) in [4.78, 5) is 0. The van der Waals surface area contributed by atoms with Crippen LogP contribution in [0, 0.1) is 0 Å². The fourth-order valence-electron chi connectivity index (χ4n) is 1.62. The predicted molar refractivity (Wildman–Crippen MR) is 70.7 cm³/mol.